The molecule has 2 heterocycles. The molecule has 0 bridgehead atoms. The van der Waals surface area contributed by atoms with Crippen LogP contribution >= 0.6 is 0 Å². The molecule has 0 aliphatic heterocycles. The molecule has 0 spiro atoms. The lowest BCUT2D eigenvalue weighted by Crippen LogP contribution is -1.98. The monoisotopic (exact) mass is 753 g/mol. The molecule has 278 valence electrons. The fourth-order valence-electron chi connectivity index (χ4n) is 8.22. The van der Waals surface area contributed by atoms with Crippen molar-refractivity contribution in [2.45, 2.75) is 19.8 Å². The molecule has 0 unspecified atom stereocenters. The predicted octanol–water partition coefficient (Wildman–Crippen LogP) is 14.3. The van der Waals surface area contributed by atoms with Crippen molar-refractivity contribution in [3.63, 3.8) is 0 Å². The highest BCUT2D eigenvalue weighted by atomic mass is 14.9. The first-order chi connectivity index (χ1) is 29.2. The Morgan fingerprint density at radius 1 is 0.559 bits per heavy atom. The van der Waals surface area contributed by atoms with Crippen LogP contribution in [0.15, 0.2) is 194 Å². The summed E-state index contributed by atoms with van der Waals surface area (Å²) in [6, 6.07) is 64.5. The lowest BCUT2D eigenvalue weighted by Gasteiger charge is -2.13. The standard InChI is InChI=1S/C56H39N3/c1-2-14-39(54-37-57-36-47-18-6-8-26-50(47)54)19-13-24-48-35-55(45-22-11-20-41(32-45)42-30-29-38-15-3-4-16-40(38)31-42)59-56(58-48)46-23-12-21-43(33-46)53-34-44-17-5-7-25-49(44)51-27-9-10-28-52(51)53/h3-6,8-23,26-37H,2,24H2,1H3/b19-13-,39-14+. The number of nitrogens with zero attached hydrogens (tertiary/aromatic N) is 3. The zero-order valence-corrected chi connectivity index (χ0v) is 32.7. The Morgan fingerprint density at radius 2 is 1.29 bits per heavy atom. The fraction of sp³-hybridized carbons (Fsp3) is 0.0536. The highest BCUT2D eigenvalue weighted by Gasteiger charge is 2.14. The van der Waals surface area contributed by atoms with Crippen LogP contribution in [0.1, 0.15) is 24.6 Å². The smallest absolute Gasteiger partial charge is 0.160 e. The Kier molecular flexibility index (Phi) is 9.50. The fourth-order valence-corrected chi connectivity index (χ4v) is 8.22. The van der Waals surface area contributed by atoms with E-state index in [9.17, 15) is 0 Å². The van der Waals surface area contributed by atoms with E-state index in [1.54, 1.807) is 0 Å². The van der Waals surface area contributed by atoms with Gasteiger partial charge in [-0.1, -0.05) is 159 Å². The van der Waals surface area contributed by atoms with Gasteiger partial charge < -0.3 is 0 Å². The third kappa shape index (κ3) is 7.14. The molecule has 8 aromatic carbocycles. The van der Waals surface area contributed by atoms with Crippen molar-refractivity contribution in [2.75, 3.05) is 0 Å². The number of benzene rings is 7. The third-order valence-electron chi connectivity index (χ3n) is 11.1. The third-order valence-corrected chi connectivity index (χ3v) is 11.1. The second-order valence-electron chi connectivity index (χ2n) is 14.9. The Bertz CT molecular complexity index is 3240. The first kappa shape index (κ1) is 35.7. The summed E-state index contributed by atoms with van der Waals surface area (Å²) in [6.07, 6.45) is 12.2. The number of fused-ring (bicyclic) bond motifs is 5. The Morgan fingerprint density at radius 3 is 2.17 bits per heavy atom. The summed E-state index contributed by atoms with van der Waals surface area (Å²) in [6.45, 7) is 2.17. The van der Waals surface area contributed by atoms with Gasteiger partial charge >= 0.3 is 0 Å². The molecule has 10 aromatic rings. The van der Waals surface area contributed by atoms with Gasteiger partial charge in [-0.3, -0.25) is 4.98 Å². The maximum absolute atomic E-state index is 5.30. The molecule has 0 N–H and O–H groups in total. The Balaban J connectivity index is 1.07. The molecule has 0 saturated heterocycles. The molecule has 0 amide bonds. The summed E-state index contributed by atoms with van der Waals surface area (Å²) >= 11 is 0. The van der Waals surface area contributed by atoms with Crippen molar-refractivity contribution in [3.05, 3.63) is 218 Å². The molecular weight excluding hydrogens is 715 g/mol. The van der Waals surface area contributed by atoms with Crippen molar-refractivity contribution in [3.8, 4) is 44.9 Å². The second kappa shape index (κ2) is 15.7. The van der Waals surface area contributed by atoms with E-state index in [1.165, 1.54) is 27.1 Å². The van der Waals surface area contributed by atoms with Crippen LogP contribution in [0.5, 0.6) is 0 Å². The largest absolute Gasteiger partial charge is 0.263 e. The minimum Gasteiger partial charge on any atom is -0.263 e. The number of rotatable bonds is 9. The van der Waals surface area contributed by atoms with E-state index in [4.69, 9.17) is 9.97 Å². The molecule has 2 aromatic heterocycles. The first-order valence-corrected chi connectivity index (χ1v) is 20.2. The van der Waals surface area contributed by atoms with Crippen LogP contribution in [0, 0.1) is 12.1 Å². The summed E-state index contributed by atoms with van der Waals surface area (Å²) < 4.78 is 0. The van der Waals surface area contributed by atoms with Crippen LogP contribution in [-0.2, 0) is 6.42 Å². The summed E-state index contributed by atoms with van der Waals surface area (Å²) in [5, 5.41) is 9.34. The highest BCUT2D eigenvalue weighted by Crippen LogP contribution is 2.36. The van der Waals surface area contributed by atoms with Gasteiger partial charge in [-0.25, -0.2) is 9.97 Å². The van der Waals surface area contributed by atoms with E-state index >= 15 is 0 Å². The topological polar surface area (TPSA) is 38.7 Å². The van der Waals surface area contributed by atoms with E-state index in [2.05, 4.69) is 200 Å². The molecule has 0 aliphatic rings. The van der Waals surface area contributed by atoms with Gasteiger partial charge in [0.1, 0.15) is 0 Å². The Labute approximate surface area is 344 Å². The second-order valence-corrected chi connectivity index (χ2v) is 14.9. The average Bonchev–Trinajstić information content (AvgIpc) is 3.30. The molecule has 0 saturated carbocycles. The SMILES string of the molecule is CC/C=C(\C=C/Cc1cc(-c2cccc(-c3ccc4ccccc4c3)c2)nc(-c2cccc(-c3cc4ccc#cc4c4ccccc34)c2)n1)c1cncc2ccccc12. The zero-order chi connectivity index (χ0) is 39.5. The average molecular weight is 754 g/mol. The molecule has 3 nitrogen and oxygen atoms in total. The van der Waals surface area contributed by atoms with Gasteiger partial charge in [0.2, 0.25) is 0 Å². The van der Waals surface area contributed by atoms with Crippen LogP contribution in [0.4, 0.5) is 0 Å². The molecule has 10 rings (SSSR count). The molecule has 0 fully saturated rings. The minimum absolute atomic E-state index is 0.634. The van der Waals surface area contributed by atoms with Crippen LogP contribution in [-0.4, -0.2) is 15.0 Å². The van der Waals surface area contributed by atoms with E-state index < -0.39 is 0 Å². The summed E-state index contributed by atoms with van der Waals surface area (Å²) in [5.41, 5.74) is 10.7. The van der Waals surface area contributed by atoms with E-state index in [-0.39, 0.29) is 0 Å². The number of allylic oxidation sites excluding steroid dienone is 4. The lowest BCUT2D eigenvalue weighted by atomic mass is 9.93. The van der Waals surface area contributed by atoms with E-state index in [0.29, 0.717) is 12.2 Å². The number of aromatic nitrogens is 3. The molecule has 3 heteroatoms. The van der Waals surface area contributed by atoms with Gasteiger partial charge in [0, 0.05) is 52.0 Å². The normalized spacial score (nSPS) is 11.8. The number of hydrogen-bond acceptors (Lipinski definition) is 3. The van der Waals surface area contributed by atoms with Crippen molar-refractivity contribution >= 4 is 48.7 Å². The zero-order valence-electron chi connectivity index (χ0n) is 32.7. The lowest BCUT2D eigenvalue weighted by molar-refractivity contribution is 1.06. The highest BCUT2D eigenvalue weighted by molar-refractivity contribution is 6.13. The van der Waals surface area contributed by atoms with Crippen molar-refractivity contribution in [1.82, 2.24) is 15.0 Å². The number of pyridine rings is 1. The van der Waals surface area contributed by atoms with Gasteiger partial charge in [0.25, 0.3) is 0 Å². The van der Waals surface area contributed by atoms with Gasteiger partial charge in [-0.2, -0.15) is 0 Å². The summed E-state index contributed by atoms with van der Waals surface area (Å²) in [7, 11) is 0. The Hall–Kier alpha value is -7.67. The maximum Gasteiger partial charge on any atom is 0.160 e. The van der Waals surface area contributed by atoms with Crippen molar-refractivity contribution < 1.29 is 0 Å². The predicted molar refractivity (Wildman–Crippen MR) is 247 cm³/mol. The van der Waals surface area contributed by atoms with Gasteiger partial charge in [-0.05, 0) is 109 Å². The minimum atomic E-state index is 0.634. The summed E-state index contributed by atoms with van der Waals surface area (Å²) in [4.78, 5) is 15.1. The van der Waals surface area contributed by atoms with Crippen molar-refractivity contribution in [2.24, 2.45) is 0 Å². The molecule has 0 atom stereocenters. The van der Waals surface area contributed by atoms with E-state index in [0.717, 1.165) is 78.3 Å². The maximum atomic E-state index is 5.30. The number of hydrogen-bond donors (Lipinski definition) is 0. The van der Waals surface area contributed by atoms with Crippen LogP contribution < -0.4 is 0 Å². The quantitative estimate of drug-likeness (QED) is 0.138. The van der Waals surface area contributed by atoms with Gasteiger partial charge in [0.15, 0.2) is 5.82 Å². The van der Waals surface area contributed by atoms with Crippen LogP contribution in [0.3, 0.4) is 0 Å². The molecule has 59 heavy (non-hydrogen) atoms. The van der Waals surface area contributed by atoms with Gasteiger partial charge in [-0.15, -0.1) is 0 Å². The first-order valence-electron chi connectivity index (χ1n) is 20.2. The molecule has 0 radical (unpaired) electrons. The van der Waals surface area contributed by atoms with E-state index in [1.807, 2.05) is 18.5 Å². The van der Waals surface area contributed by atoms with Crippen LogP contribution in [0.25, 0.3) is 93.6 Å². The van der Waals surface area contributed by atoms with Crippen molar-refractivity contribution in [1.29, 1.82) is 0 Å². The van der Waals surface area contributed by atoms with Gasteiger partial charge in [0.05, 0.1) is 5.69 Å². The molecular formula is C56H39N3. The summed E-state index contributed by atoms with van der Waals surface area (Å²) in [5.74, 6) is 0.694. The van der Waals surface area contributed by atoms with Crippen LogP contribution in [0.2, 0.25) is 0 Å². The molecule has 0 aliphatic carbocycles.